The van der Waals surface area contributed by atoms with Crippen LogP contribution in [0.4, 0.5) is 0 Å². The van der Waals surface area contributed by atoms with Gasteiger partial charge < -0.3 is 0 Å². The summed E-state index contributed by atoms with van der Waals surface area (Å²) in [4.78, 5) is 0. The van der Waals surface area contributed by atoms with Crippen LogP contribution in [0.3, 0.4) is 0 Å². The van der Waals surface area contributed by atoms with Gasteiger partial charge in [0.1, 0.15) is 0 Å². The normalized spacial score (nSPS) is 10.8. The SMILES string of the molecule is CC/C=C\c1ccccc1-c1ccccc1. The van der Waals surface area contributed by atoms with Crippen molar-refractivity contribution in [1.29, 1.82) is 0 Å². The summed E-state index contributed by atoms with van der Waals surface area (Å²) in [7, 11) is 0. The molecule has 0 unspecified atom stereocenters. The van der Waals surface area contributed by atoms with Crippen molar-refractivity contribution < 1.29 is 0 Å². The lowest BCUT2D eigenvalue weighted by molar-refractivity contribution is 1.23. The Morgan fingerprint density at radius 1 is 0.875 bits per heavy atom. The van der Waals surface area contributed by atoms with E-state index in [0.29, 0.717) is 0 Å². The molecule has 16 heavy (non-hydrogen) atoms. The van der Waals surface area contributed by atoms with Gasteiger partial charge in [-0.15, -0.1) is 0 Å². The summed E-state index contributed by atoms with van der Waals surface area (Å²) in [5, 5.41) is 0. The van der Waals surface area contributed by atoms with Crippen LogP contribution in [0, 0.1) is 0 Å². The molecule has 0 N–H and O–H groups in total. The molecule has 0 heteroatoms. The van der Waals surface area contributed by atoms with Crippen LogP contribution >= 0.6 is 0 Å². The maximum atomic E-state index is 2.20. The largest absolute Gasteiger partial charge is 0.0842 e. The molecular formula is C16H16. The van der Waals surface area contributed by atoms with Gasteiger partial charge in [0.05, 0.1) is 0 Å². The lowest BCUT2D eigenvalue weighted by Gasteiger charge is -2.05. The van der Waals surface area contributed by atoms with Crippen molar-refractivity contribution in [3.05, 3.63) is 66.2 Å². The predicted molar refractivity (Wildman–Crippen MR) is 71.2 cm³/mol. The number of benzene rings is 2. The van der Waals surface area contributed by atoms with Crippen molar-refractivity contribution in [2.45, 2.75) is 13.3 Å². The zero-order valence-corrected chi connectivity index (χ0v) is 9.56. The van der Waals surface area contributed by atoms with E-state index in [1.165, 1.54) is 16.7 Å². The van der Waals surface area contributed by atoms with Crippen molar-refractivity contribution in [1.82, 2.24) is 0 Å². The van der Waals surface area contributed by atoms with Gasteiger partial charge in [0.15, 0.2) is 0 Å². The van der Waals surface area contributed by atoms with Crippen molar-refractivity contribution in [3.63, 3.8) is 0 Å². The van der Waals surface area contributed by atoms with Gasteiger partial charge in [0.2, 0.25) is 0 Å². The summed E-state index contributed by atoms with van der Waals surface area (Å²) in [6.45, 7) is 2.15. The maximum Gasteiger partial charge on any atom is -0.0112 e. The molecule has 0 aliphatic carbocycles. The summed E-state index contributed by atoms with van der Waals surface area (Å²) in [6.07, 6.45) is 5.47. The van der Waals surface area contributed by atoms with Gasteiger partial charge in [-0.1, -0.05) is 73.7 Å². The lowest BCUT2D eigenvalue weighted by atomic mass is 9.99. The van der Waals surface area contributed by atoms with Gasteiger partial charge >= 0.3 is 0 Å². The average molecular weight is 208 g/mol. The fourth-order valence-electron chi connectivity index (χ4n) is 1.77. The van der Waals surface area contributed by atoms with Crippen LogP contribution in [-0.2, 0) is 0 Å². The first-order chi connectivity index (χ1) is 7.92. The van der Waals surface area contributed by atoms with E-state index in [-0.39, 0.29) is 0 Å². The Kier molecular flexibility index (Phi) is 3.55. The van der Waals surface area contributed by atoms with Crippen molar-refractivity contribution >= 4 is 6.08 Å². The molecule has 0 aliphatic rings. The number of hydrogen-bond donors (Lipinski definition) is 0. The Balaban J connectivity index is 2.45. The molecule has 0 saturated carbocycles. The van der Waals surface area contributed by atoms with Crippen LogP contribution in [0.1, 0.15) is 18.9 Å². The van der Waals surface area contributed by atoms with Gasteiger partial charge in [-0.25, -0.2) is 0 Å². The van der Waals surface area contributed by atoms with Crippen LogP contribution in [0.5, 0.6) is 0 Å². The second-order valence-corrected chi connectivity index (χ2v) is 3.76. The van der Waals surface area contributed by atoms with Gasteiger partial charge in [-0.2, -0.15) is 0 Å². The molecule has 0 aromatic heterocycles. The Morgan fingerprint density at radius 2 is 1.56 bits per heavy atom. The third-order valence-electron chi connectivity index (χ3n) is 2.58. The molecule has 0 heterocycles. The van der Waals surface area contributed by atoms with Gasteiger partial charge in [0.25, 0.3) is 0 Å². The number of rotatable bonds is 3. The highest BCUT2D eigenvalue weighted by Gasteiger charge is 2.00. The van der Waals surface area contributed by atoms with Crippen LogP contribution in [0.25, 0.3) is 17.2 Å². The first-order valence-corrected chi connectivity index (χ1v) is 5.73. The monoisotopic (exact) mass is 208 g/mol. The minimum atomic E-state index is 1.07. The molecule has 0 nitrogen and oxygen atoms in total. The summed E-state index contributed by atoms with van der Waals surface area (Å²) >= 11 is 0. The molecule has 0 saturated heterocycles. The highest BCUT2D eigenvalue weighted by molar-refractivity contribution is 5.75. The quantitative estimate of drug-likeness (QED) is 0.681. The van der Waals surface area contributed by atoms with Crippen molar-refractivity contribution in [2.75, 3.05) is 0 Å². The van der Waals surface area contributed by atoms with Gasteiger partial charge in [-0.05, 0) is 23.1 Å². The van der Waals surface area contributed by atoms with Crippen LogP contribution in [0.2, 0.25) is 0 Å². The van der Waals surface area contributed by atoms with E-state index in [4.69, 9.17) is 0 Å². The maximum absolute atomic E-state index is 2.20. The van der Waals surface area contributed by atoms with E-state index in [1.54, 1.807) is 0 Å². The van der Waals surface area contributed by atoms with Gasteiger partial charge in [0, 0.05) is 0 Å². The summed E-state index contributed by atoms with van der Waals surface area (Å²) in [5.74, 6) is 0. The van der Waals surface area contributed by atoms with E-state index in [9.17, 15) is 0 Å². The highest BCUT2D eigenvalue weighted by atomic mass is 14.0. The van der Waals surface area contributed by atoms with Crippen molar-refractivity contribution in [3.8, 4) is 11.1 Å². The first-order valence-electron chi connectivity index (χ1n) is 5.73. The van der Waals surface area contributed by atoms with Crippen LogP contribution in [0.15, 0.2) is 60.7 Å². The zero-order valence-electron chi connectivity index (χ0n) is 9.56. The van der Waals surface area contributed by atoms with E-state index >= 15 is 0 Å². The lowest BCUT2D eigenvalue weighted by Crippen LogP contribution is -1.81. The first kappa shape index (κ1) is 10.7. The standard InChI is InChI=1S/C16H16/c1-2-3-9-14-12-7-8-13-16(14)15-10-5-4-6-11-15/h3-13H,2H2,1H3/b9-3-. The van der Waals surface area contributed by atoms with E-state index in [0.717, 1.165) is 6.42 Å². The molecule has 2 aromatic carbocycles. The summed E-state index contributed by atoms with van der Waals surface area (Å²) in [6, 6.07) is 19.0. The molecule has 0 fully saturated rings. The third-order valence-corrected chi connectivity index (χ3v) is 2.58. The smallest absolute Gasteiger partial charge is 0.0112 e. The topological polar surface area (TPSA) is 0 Å². The minimum Gasteiger partial charge on any atom is -0.0842 e. The van der Waals surface area contributed by atoms with Gasteiger partial charge in [-0.3, -0.25) is 0 Å². The Labute approximate surface area is 97.3 Å². The van der Waals surface area contributed by atoms with E-state index in [1.807, 2.05) is 6.07 Å². The third kappa shape index (κ3) is 2.40. The molecule has 2 aromatic rings. The zero-order chi connectivity index (χ0) is 11.2. The van der Waals surface area contributed by atoms with Crippen molar-refractivity contribution in [2.24, 2.45) is 0 Å². The molecule has 0 aliphatic heterocycles. The number of hydrogen-bond acceptors (Lipinski definition) is 0. The Bertz CT molecular complexity index is 466. The molecular weight excluding hydrogens is 192 g/mol. The Hall–Kier alpha value is -1.82. The molecule has 0 atom stereocenters. The van der Waals surface area contributed by atoms with E-state index in [2.05, 4.69) is 67.6 Å². The molecule has 2 rings (SSSR count). The second kappa shape index (κ2) is 5.32. The highest BCUT2D eigenvalue weighted by Crippen LogP contribution is 2.24. The fourth-order valence-corrected chi connectivity index (χ4v) is 1.77. The minimum absolute atomic E-state index is 1.07. The second-order valence-electron chi connectivity index (χ2n) is 3.76. The molecule has 80 valence electrons. The molecule has 0 bridgehead atoms. The molecule has 0 amide bonds. The predicted octanol–water partition coefficient (Wildman–Crippen LogP) is 4.78. The fraction of sp³-hybridized carbons (Fsp3) is 0.125. The summed E-state index contributed by atoms with van der Waals surface area (Å²) in [5.41, 5.74) is 3.86. The Morgan fingerprint density at radius 3 is 2.31 bits per heavy atom. The molecule has 0 radical (unpaired) electrons. The van der Waals surface area contributed by atoms with Crippen LogP contribution in [-0.4, -0.2) is 0 Å². The average Bonchev–Trinajstić information content (AvgIpc) is 2.38. The van der Waals surface area contributed by atoms with E-state index < -0.39 is 0 Å². The summed E-state index contributed by atoms with van der Waals surface area (Å²) < 4.78 is 0. The number of allylic oxidation sites excluding steroid dienone is 1. The molecule has 0 spiro atoms. The van der Waals surface area contributed by atoms with Crippen LogP contribution < -0.4 is 0 Å².